The van der Waals surface area contributed by atoms with Crippen LogP contribution >= 0.6 is 12.4 Å². The summed E-state index contributed by atoms with van der Waals surface area (Å²) in [4.78, 5) is 28.0. The monoisotopic (exact) mass is 408 g/mol. The number of nitrogens with one attached hydrogen (secondary N) is 1. The fourth-order valence-electron chi connectivity index (χ4n) is 4.57. The number of piperidine rings is 1. The molecule has 1 amide bonds. The zero-order chi connectivity index (χ0) is 19.1. The Kier molecular flexibility index (Phi) is 6.05. The minimum absolute atomic E-state index is 0. The van der Waals surface area contributed by atoms with Crippen molar-refractivity contribution < 1.29 is 9.18 Å². The van der Waals surface area contributed by atoms with Gasteiger partial charge in [0.15, 0.2) is 5.69 Å². The minimum atomic E-state index is -0.439. The molecule has 0 saturated carbocycles. The van der Waals surface area contributed by atoms with Gasteiger partial charge < -0.3 is 10.2 Å². The van der Waals surface area contributed by atoms with Gasteiger partial charge in [-0.1, -0.05) is 6.92 Å². The molecule has 8 heteroatoms. The van der Waals surface area contributed by atoms with Crippen molar-refractivity contribution in [3.05, 3.63) is 39.9 Å². The maximum atomic E-state index is 13.6. The van der Waals surface area contributed by atoms with E-state index in [4.69, 9.17) is 0 Å². The number of halogens is 2. The van der Waals surface area contributed by atoms with E-state index in [1.54, 1.807) is 4.68 Å². The summed E-state index contributed by atoms with van der Waals surface area (Å²) in [5.74, 6) is -0.849. The lowest BCUT2D eigenvalue weighted by atomic mass is 9.98. The van der Waals surface area contributed by atoms with Crippen LogP contribution in [-0.2, 0) is 6.54 Å². The molecule has 2 aliphatic heterocycles. The zero-order valence-electron chi connectivity index (χ0n) is 16.2. The number of fused-ring (bicyclic) bond motifs is 3. The predicted molar refractivity (Wildman–Crippen MR) is 109 cm³/mol. The first kappa shape index (κ1) is 20.7. The van der Waals surface area contributed by atoms with Gasteiger partial charge in [-0.25, -0.2) is 4.39 Å². The van der Waals surface area contributed by atoms with Crippen molar-refractivity contribution in [2.75, 3.05) is 7.05 Å². The minimum Gasteiger partial charge on any atom is -0.348 e. The van der Waals surface area contributed by atoms with E-state index in [2.05, 4.69) is 22.4 Å². The molecule has 2 aliphatic rings. The topological polar surface area (TPSA) is 67.2 Å². The van der Waals surface area contributed by atoms with Crippen LogP contribution in [0.4, 0.5) is 4.39 Å². The largest absolute Gasteiger partial charge is 0.348 e. The second-order valence-electron chi connectivity index (χ2n) is 7.75. The Labute approximate surface area is 169 Å². The summed E-state index contributed by atoms with van der Waals surface area (Å²) in [6.45, 7) is 2.48. The molecular formula is C20H26ClFN4O2. The first-order valence-electron chi connectivity index (χ1n) is 9.71. The third-order valence-corrected chi connectivity index (χ3v) is 6.00. The van der Waals surface area contributed by atoms with E-state index in [0.717, 1.165) is 32.1 Å². The Balaban J connectivity index is 0.00000225. The molecule has 2 fully saturated rings. The highest BCUT2D eigenvalue weighted by molar-refractivity contribution is 5.95. The molecule has 2 saturated heterocycles. The van der Waals surface area contributed by atoms with E-state index in [1.165, 1.54) is 18.2 Å². The lowest BCUT2D eigenvalue weighted by molar-refractivity contribution is 0.0874. The van der Waals surface area contributed by atoms with Gasteiger partial charge in [-0.15, -0.1) is 12.4 Å². The van der Waals surface area contributed by atoms with Gasteiger partial charge in [0.05, 0.1) is 5.52 Å². The third kappa shape index (κ3) is 3.65. The van der Waals surface area contributed by atoms with Crippen molar-refractivity contribution in [1.29, 1.82) is 0 Å². The van der Waals surface area contributed by atoms with E-state index in [-0.39, 0.29) is 24.1 Å². The van der Waals surface area contributed by atoms with Crippen molar-refractivity contribution in [2.45, 2.75) is 63.7 Å². The van der Waals surface area contributed by atoms with Crippen LogP contribution in [0, 0.1) is 5.82 Å². The fraction of sp³-hybridized carbons (Fsp3) is 0.550. The molecule has 0 spiro atoms. The number of carbonyl (C=O) groups excluding carboxylic acids is 1. The summed E-state index contributed by atoms with van der Waals surface area (Å²) in [6.07, 6.45) is 4.90. The number of benzene rings is 1. The van der Waals surface area contributed by atoms with Crippen LogP contribution in [0.1, 0.15) is 49.5 Å². The molecule has 3 heterocycles. The average molecular weight is 409 g/mol. The van der Waals surface area contributed by atoms with Crippen molar-refractivity contribution in [3.8, 4) is 0 Å². The molecule has 1 N–H and O–H groups in total. The number of hydrogen-bond acceptors (Lipinski definition) is 4. The highest BCUT2D eigenvalue weighted by Gasteiger charge is 2.39. The van der Waals surface area contributed by atoms with Gasteiger partial charge in [0.25, 0.3) is 5.91 Å². The van der Waals surface area contributed by atoms with Crippen molar-refractivity contribution >= 4 is 29.2 Å². The molecule has 4 rings (SSSR count). The molecule has 2 aromatic rings. The molecular weight excluding hydrogens is 383 g/mol. The molecule has 3 atom stereocenters. The summed E-state index contributed by atoms with van der Waals surface area (Å²) < 4.78 is 15.2. The van der Waals surface area contributed by atoms with Crippen LogP contribution in [0.15, 0.2) is 23.0 Å². The Morgan fingerprint density at radius 2 is 1.96 bits per heavy atom. The summed E-state index contributed by atoms with van der Waals surface area (Å²) in [5, 5.41) is 7.63. The first-order chi connectivity index (χ1) is 13.0. The van der Waals surface area contributed by atoms with Gasteiger partial charge in [-0.05, 0) is 57.4 Å². The highest BCUT2D eigenvalue weighted by Crippen LogP contribution is 2.34. The molecule has 0 aliphatic carbocycles. The standard InChI is InChI=1S/C20H25FN4O2.ClH/c1-3-8-25-17-9-12(21)4-7-16(17)19(26)18(23-25)20(27)22-13-10-14-5-6-15(11-13)24(14)2;/h4,7,9,13-15H,3,5-6,8,10-11H2,1-2H3,(H,22,27);1H/t13?,14-,15+;. The number of rotatable bonds is 4. The second-order valence-corrected chi connectivity index (χ2v) is 7.75. The summed E-state index contributed by atoms with van der Waals surface area (Å²) in [7, 11) is 2.15. The number of nitrogens with zero attached hydrogens (tertiary/aromatic N) is 3. The second kappa shape index (κ2) is 8.17. The van der Waals surface area contributed by atoms with Crippen molar-refractivity contribution in [2.24, 2.45) is 0 Å². The van der Waals surface area contributed by atoms with Crippen LogP contribution in [0.3, 0.4) is 0 Å². The Morgan fingerprint density at radius 1 is 1.29 bits per heavy atom. The van der Waals surface area contributed by atoms with Gasteiger partial charge in [0.2, 0.25) is 5.43 Å². The maximum absolute atomic E-state index is 13.6. The maximum Gasteiger partial charge on any atom is 0.276 e. The molecule has 1 aromatic heterocycles. The van der Waals surface area contributed by atoms with Gasteiger partial charge in [0.1, 0.15) is 5.82 Å². The molecule has 0 radical (unpaired) electrons. The van der Waals surface area contributed by atoms with E-state index >= 15 is 0 Å². The molecule has 2 bridgehead atoms. The van der Waals surface area contributed by atoms with Gasteiger partial charge in [-0.2, -0.15) is 5.10 Å². The Hall–Kier alpha value is -1.99. The molecule has 1 unspecified atom stereocenters. The number of aromatic nitrogens is 2. The fourth-order valence-corrected chi connectivity index (χ4v) is 4.57. The normalized spacial score (nSPS) is 24.2. The number of hydrogen-bond donors (Lipinski definition) is 1. The molecule has 6 nitrogen and oxygen atoms in total. The highest BCUT2D eigenvalue weighted by atomic mass is 35.5. The van der Waals surface area contributed by atoms with Crippen LogP contribution in [0.2, 0.25) is 0 Å². The quantitative estimate of drug-likeness (QED) is 0.844. The summed E-state index contributed by atoms with van der Waals surface area (Å²) in [6, 6.07) is 5.05. The van der Waals surface area contributed by atoms with Gasteiger partial charge in [-0.3, -0.25) is 14.3 Å². The van der Waals surface area contributed by atoms with Gasteiger partial charge >= 0.3 is 0 Å². The summed E-state index contributed by atoms with van der Waals surface area (Å²) >= 11 is 0. The predicted octanol–water partition coefficient (Wildman–Crippen LogP) is 2.72. The van der Waals surface area contributed by atoms with E-state index in [9.17, 15) is 14.0 Å². The van der Waals surface area contributed by atoms with E-state index in [0.29, 0.717) is 29.5 Å². The first-order valence-corrected chi connectivity index (χ1v) is 9.71. The van der Waals surface area contributed by atoms with E-state index < -0.39 is 17.2 Å². The van der Waals surface area contributed by atoms with Crippen LogP contribution in [-0.4, -0.2) is 45.8 Å². The molecule has 1 aromatic carbocycles. The van der Waals surface area contributed by atoms with Crippen LogP contribution in [0.25, 0.3) is 10.9 Å². The molecule has 152 valence electrons. The zero-order valence-corrected chi connectivity index (χ0v) is 17.0. The van der Waals surface area contributed by atoms with Crippen LogP contribution < -0.4 is 10.7 Å². The number of amides is 1. The molecule has 28 heavy (non-hydrogen) atoms. The smallest absolute Gasteiger partial charge is 0.276 e. The lowest BCUT2D eigenvalue weighted by Gasteiger charge is -2.36. The number of carbonyl (C=O) groups is 1. The summed E-state index contributed by atoms with van der Waals surface area (Å²) in [5.41, 5.74) is -0.115. The van der Waals surface area contributed by atoms with Crippen LogP contribution in [0.5, 0.6) is 0 Å². The van der Waals surface area contributed by atoms with Crippen molar-refractivity contribution in [3.63, 3.8) is 0 Å². The van der Waals surface area contributed by atoms with Crippen molar-refractivity contribution in [1.82, 2.24) is 20.0 Å². The average Bonchev–Trinajstić information content (AvgIpc) is 2.85. The SMILES string of the molecule is CCCn1nc(C(=O)NC2C[C@H]3CC[C@@H](C2)N3C)c(=O)c2ccc(F)cc21.Cl. The van der Waals surface area contributed by atoms with E-state index in [1.807, 2.05) is 6.92 Å². The lowest BCUT2D eigenvalue weighted by Crippen LogP contribution is -2.49. The Bertz CT molecular complexity index is 934. The Morgan fingerprint density at radius 3 is 2.61 bits per heavy atom. The number of aryl methyl sites for hydroxylation is 1. The van der Waals surface area contributed by atoms with Gasteiger partial charge in [0, 0.05) is 30.1 Å². The third-order valence-electron chi connectivity index (χ3n) is 6.00.